The number of halogens is 1. The van der Waals surface area contributed by atoms with Crippen LogP contribution in [0.2, 0.25) is 0 Å². The van der Waals surface area contributed by atoms with Crippen molar-refractivity contribution in [3.63, 3.8) is 0 Å². The van der Waals surface area contributed by atoms with Crippen LogP contribution in [0.5, 0.6) is 0 Å². The van der Waals surface area contributed by atoms with E-state index in [1.165, 1.54) is 11.3 Å². The van der Waals surface area contributed by atoms with Gasteiger partial charge in [0.15, 0.2) is 0 Å². The van der Waals surface area contributed by atoms with Gasteiger partial charge in [0.25, 0.3) is 0 Å². The van der Waals surface area contributed by atoms with Crippen molar-refractivity contribution in [1.82, 2.24) is 0 Å². The van der Waals surface area contributed by atoms with Crippen LogP contribution in [0.3, 0.4) is 0 Å². The Kier molecular flexibility index (Phi) is 4.65. The number of ether oxygens (including phenoxy) is 1. The molecular formula is C14H21BrN2O. The molecule has 3 nitrogen and oxygen atoms in total. The van der Waals surface area contributed by atoms with Gasteiger partial charge in [-0.05, 0) is 37.5 Å². The lowest BCUT2D eigenvalue weighted by molar-refractivity contribution is 0.193. The van der Waals surface area contributed by atoms with E-state index < -0.39 is 0 Å². The Morgan fingerprint density at radius 3 is 2.94 bits per heavy atom. The van der Waals surface area contributed by atoms with Crippen LogP contribution in [0.4, 0.5) is 5.69 Å². The quantitative estimate of drug-likeness (QED) is 0.928. The van der Waals surface area contributed by atoms with Gasteiger partial charge in [-0.15, -0.1) is 0 Å². The van der Waals surface area contributed by atoms with E-state index in [1.54, 1.807) is 0 Å². The zero-order chi connectivity index (χ0) is 13.1. The van der Waals surface area contributed by atoms with Gasteiger partial charge in [0.2, 0.25) is 0 Å². The molecule has 0 amide bonds. The van der Waals surface area contributed by atoms with Crippen molar-refractivity contribution in [1.29, 1.82) is 0 Å². The van der Waals surface area contributed by atoms with Gasteiger partial charge in [-0.2, -0.15) is 0 Å². The molecule has 0 aromatic heterocycles. The molecule has 18 heavy (non-hydrogen) atoms. The first-order chi connectivity index (χ1) is 8.58. The first-order valence-electron chi connectivity index (χ1n) is 6.42. The van der Waals surface area contributed by atoms with Gasteiger partial charge < -0.3 is 15.4 Å². The highest BCUT2D eigenvalue weighted by Gasteiger charge is 2.22. The second-order valence-electron chi connectivity index (χ2n) is 5.08. The molecule has 0 radical (unpaired) electrons. The molecule has 1 heterocycles. The van der Waals surface area contributed by atoms with Crippen molar-refractivity contribution < 1.29 is 4.74 Å². The first kappa shape index (κ1) is 13.8. The van der Waals surface area contributed by atoms with Crippen LogP contribution < -0.4 is 10.6 Å². The zero-order valence-electron chi connectivity index (χ0n) is 11.0. The van der Waals surface area contributed by atoms with Gasteiger partial charge in [0.05, 0.1) is 12.6 Å². The van der Waals surface area contributed by atoms with E-state index in [0.717, 1.165) is 30.5 Å². The van der Waals surface area contributed by atoms with Crippen molar-refractivity contribution in [3.8, 4) is 0 Å². The van der Waals surface area contributed by atoms with Crippen LogP contribution in [0.15, 0.2) is 22.7 Å². The fourth-order valence-electron chi connectivity index (χ4n) is 2.41. The van der Waals surface area contributed by atoms with Crippen molar-refractivity contribution in [2.75, 3.05) is 25.2 Å². The number of nitrogens with zero attached hydrogens (tertiary/aromatic N) is 1. The Morgan fingerprint density at radius 1 is 1.56 bits per heavy atom. The molecule has 0 saturated carbocycles. The zero-order valence-corrected chi connectivity index (χ0v) is 12.6. The third-order valence-corrected chi connectivity index (χ3v) is 3.92. The van der Waals surface area contributed by atoms with E-state index in [4.69, 9.17) is 10.5 Å². The molecule has 1 aliphatic heterocycles. The largest absolute Gasteiger partial charge is 0.379 e. The number of rotatable bonds is 4. The molecule has 1 aromatic rings. The monoisotopic (exact) mass is 312 g/mol. The second kappa shape index (κ2) is 6.04. The Bertz CT molecular complexity index is 403. The minimum Gasteiger partial charge on any atom is -0.379 e. The summed E-state index contributed by atoms with van der Waals surface area (Å²) in [6.45, 7) is 3.73. The van der Waals surface area contributed by atoms with E-state index in [-0.39, 0.29) is 6.04 Å². The lowest BCUT2D eigenvalue weighted by atomic mass is 10.0. The Balaban J connectivity index is 2.25. The van der Waals surface area contributed by atoms with E-state index in [2.05, 4.69) is 46.1 Å². The summed E-state index contributed by atoms with van der Waals surface area (Å²) in [5.74, 6) is 0. The average Bonchev–Trinajstić information content (AvgIpc) is 2.83. The molecule has 0 aliphatic carbocycles. The number of benzene rings is 1. The van der Waals surface area contributed by atoms with Crippen molar-refractivity contribution in [2.45, 2.75) is 31.8 Å². The van der Waals surface area contributed by atoms with Crippen LogP contribution in [0.25, 0.3) is 0 Å². The summed E-state index contributed by atoms with van der Waals surface area (Å²) in [6.07, 6.45) is 2.00. The van der Waals surface area contributed by atoms with Crippen molar-refractivity contribution in [2.24, 2.45) is 5.73 Å². The summed E-state index contributed by atoms with van der Waals surface area (Å²) >= 11 is 3.55. The molecule has 1 aliphatic rings. The fraction of sp³-hybridized carbons (Fsp3) is 0.571. The molecule has 2 unspecified atom stereocenters. The van der Waals surface area contributed by atoms with Crippen LogP contribution in [-0.4, -0.2) is 32.3 Å². The highest BCUT2D eigenvalue weighted by atomic mass is 79.9. The molecule has 1 fully saturated rings. The van der Waals surface area contributed by atoms with Crippen molar-refractivity contribution in [3.05, 3.63) is 28.2 Å². The minimum absolute atomic E-state index is 0.179. The molecule has 0 spiro atoms. The van der Waals surface area contributed by atoms with E-state index in [0.29, 0.717) is 6.04 Å². The third-order valence-electron chi connectivity index (χ3n) is 3.42. The molecule has 2 atom stereocenters. The Hall–Kier alpha value is -0.580. The Labute approximate surface area is 117 Å². The number of hydrogen-bond acceptors (Lipinski definition) is 3. The highest BCUT2D eigenvalue weighted by molar-refractivity contribution is 9.10. The summed E-state index contributed by atoms with van der Waals surface area (Å²) in [5.41, 5.74) is 8.50. The number of anilines is 1. The predicted molar refractivity (Wildman–Crippen MR) is 79.1 cm³/mol. The van der Waals surface area contributed by atoms with Crippen LogP contribution in [0, 0.1) is 0 Å². The van der Waals surface area contributed by atoms with Crippen LogP contribution in [0.1, 0.15) is 18.9 Å². The molecule has 0 bridgehead atoms. The van der Waals surface area contributed by atoms with E-state index in [1.807, 2.05) is 6.92 Å². The van der Waals surface area contributed by atoms with Gasteiger partial charge in [0, 0.05) is 29.9 Å². The third kappa shape index (κ3) is 3.25. The maximum absolute atomic E-state index is 5.93. The average molecular weight is 313 g/mol. The van der Waals surface area contributed by atoms with Gasteiger partial charge in [0.1, 0.15) is 0 Å². The van der Waals surface area contributed by atoms with Crippen LogP contribution in [-0.2, 0) is 11.2 Å². The number of nitrogens with two attached hydrogens (primary N) is 1. The first-order valence-corrected chi connectivity index (χ1v) is 7.22. The molecule has 100 valence electrons. The highest BCUT2D eigenvalue weighted by Crippen LogP contribution is 2.28. The topological polar surface area (TPSA) is 38.5 Å². The standard InChI is InChI=1S/C14H21BrN2O/c1-10(16)7-11-3-4-12(15)8-14(11)17(2)13-5-6-18-9-13/h3-4,8,10,13H,5-7,9,16H2,1-2H3. The molecule has 1 aromatic carbocycles. The second-order valence-corrected chi connectivity index (χ2v) is 6.00. The lowest BCUT2D eigenvalue weighted by Gasteiger charge is -2.28. The number of hydrogen-bond donors (Lipinski definition) is 1. The lowest BCUT2D eigenvalue weighted by Crippen LogP contribution is -2.33. The van der Waals surface area contributed by atoms with E-state index >= 15 is 0 Å². The summed E-state index contributed by atoms with van der Waals surface area (Å²) < 4.78 is 6.58. The summed E-state index contributed by atoms with van der Waals surface area (Å²) in [6, 6.07) is 7.08. The minimum atomic E-state index is 0.179. The van der Waals surface area contributed by atoms with E-state index in [9.17, 15) is 0 Å². The molecule has 4 heteroatoms. The van der Waals surface area contributed by atoms with Gasteiger partial charge >= 0.3 is 0 Å². The summed E-state index contributed by atoms with van der Waals surface area (Å²) in [4.78, 5) is 2.33. The maximum atomic E-state index is 5.93. The maximum Gasteiger partial charge on any atom is 0.0670 e. The molecule has 2 N–H and O–H groups in total. The van der Waals surface area contributed by atoms with Gasteiger partial charge in [-0.25, -0.2) is 0 Å². The summed E-state index contributed by atoms with van der Waals surface area (Å²) in [7, 11) is 2.14. The normalized spacial score (nSPS) is 21.0. The van der Waals surface area contributed by atoms with Gasteiger partial charge in [-0.3, -0.25) is 0 Å². The SMILES string of the molecule is CC(N)Cc1ccc(Br)cc1N(C)C1CCOC1. The molecule has 2 rings (SSSR count). The smallest absolute Gasteiger partial charge is 0.0670 e. The molecule has 1 saturated heterocycles. The number of likely N-dealkylation sites (N-methyl/N-ethyl adjacent to an activating group) is 1. The van der Waals surface area contributed by atoms with Crippen molar-refractivity contribution >= 4 is 21.6 Å². The predicted octanol–water partition coefficient (Wildman–Crippen LogP) is 2.56. The fourth-order valence-corrected chi connectivity index (χ4v) is 2.76. The Morgan fingerprint density at radius 2 is 2.33 bits per heavy atom. The van der Waals surface area contributed by atoms with Crippen LogP contribution >= 0.6 is 15.9 Å². The summed E-state index contributed by atoms with van der Waals surface area (Å²) in [5, 5.41) is 0. The molecular weight excluding hydrogens is 292 g/mol. The van der Waals surface area contributed by atoms with Gasteiger partial charge in [-0.1, -0.05) is 22.0 Å².